The van der Waals surface area contributed by atoms with Crippen LogP contribution in [0.15, 0.2) is 77.3 Å². The number of phenolic OH excluding ortho intramolecular Hbond substituents is 1. The summed E-state index contributed by atoms with van der Waals surface area (Å²) in [6, 6.07) is 21.9. The number of ether oxygens (including phenoxy) is 3. The van der Waals surface area contributed by atoms with Crippen LogP contribution in [0.4, 0.5) is 10.5 Å². The highest BCUT2D eigenvalue weighted by atomic mass is 79.9. The minimum atomic E-state index is -1.09. The van der Waals surface area contributed by atoms with Crippen molar-refractivity contribution in [3.05, 3.63) is 88.4 Å². The zero-order chi connectivity index (χ0) is 25.9. The minimum absolute atomic E-state index is 0.0250. The SMILES string of the molecule is N#Cc1ccc(NC(=O)O[C@H](c2cc(Br)ccc2O)[C@@H](CCOC(=O)CS)Oc2ccccc2)cc1. The Balaban J connectivity index is 1.90. The van der Waals surface area contributed by atoms with E-state index >= 15 is 0 Å². The number of para-hydroxylation sites is 1. The fraction of sp³-hybridized carbons (Fsp3) is 0.192. The molecule has 0 radical (unpaired) electrons. The highest BCUT2D eigenvalue weighted by Crippen LogP contribution is 2.35. The summed E-state index contributed by atoms with van der Waals surface area (Å²) >= 11 is 7.29. The zero-order valence-electron chi connectivity index (χ0n) is 19.0. The Hall–Kier alpha value is -3.68. The molecule has 0 aliphatic heterocycles. The van der Waals surface area contributed by atoms with Gasteiger partial charge in [-0.05, 0) is 54.6 Å². The molecule has 0 aliphatic carbocycles. The summed E-state index contributed by atoms with van der Waals surface area (Å²) in [6.07, 6.45) is -2.59. The summed E-state index contributed by atoms with van der Waals surface area (Å²) in [5.74, 6) is -0.191. The molecule has 0 bridgehead atoms. The molecule has 8 nitrogen and oxygen atoms in total. The number of aromatic hydroxyl groups is 1. The van der Waals surface area contributed by atoms with Crippen LogP contribution in [0.25, 0.3) is 0 Å². The monoisotopic (exact) mass is 570 g/mol. The summed E-state index contributed by atoms with van der Waals surface area (Å²) in [5.41, 5.74) is 1.15. The number of halogens is 1. The minimum Gasteiger partial charge on any atom is -0.508 e. The summed E-state index contributed by atoms with van der Waals surface area (Å²) in [6.45, 7) is -0.0250. The van der Waals surface area contributed by atoms with E-state index in [9.17, 15) is 14.7 Å². The second kappa shape index (κ2) is 13.4. The maximum atomic E-state index is 12.9. The van der Waals surface area contributed by atoms with E-state index in [1.807, 2.05) is 12.1 Å². The topological polar surface area (TPSA) is 118 Å². The molecule has 0 saturated heterocycles. The van der Waals surface area contributed by atoms with Gasteiger partial charge >= 0.3 is 12.1 Å². The van der Waals surface area contributed by atoms with E-state index in [-0.39, 0.29) is 24.5 Å². The first kappa shape index (κ1) is 26.9. The van der Waals surface area contributed by atoms with E-state index in [1.165, 1.54) is 6.07 Å². The molecule has 0 aromatic heterocycles. The number of phenols is 1. The molecule has 3 aromatic rings. The van der Waals surface area contributed by atoms with Gasteiger partial charge in [-0.25, -0.2) is 4.79 Å². The van der Waals surface area contributed by atoms with Gasteiger partial charge in [0.25, 0.3) is 0 Å². The van der Waals surface area contributed by atoms with E-state index in [4.69, 9.17) is 19.5 Å². The van der Waals surface area contributed by atoms with Gasteiger partial charge in [0.1, 0.15) is 17.6 Å². The molecule has 3 rings (SSSR count). The zero-order valence-corrected chi connectivity index (χ0v) is 21.4. The van der Waals surface area contributed by atoms with Crippen molar-refractivity contribution in [2.75, 3.05) is 17.7 Å². The van der Waals surface area contributed by atoms with Crippen molar-refractivity contribution < 1.29 is 28.9 Å². The molecule has 36 heavy (non-hydrogen) atoms. The Labute approximate surface area is 222 Å². The maximum Gasteiger partial charge on any atom is 0.412 e. The second-order valence-electron chi connectivity index (χ2n) is 7.48. The summed E-state index contributed by atoms with van der Waals surface area (Å²) in [7, 11) is 0. The van der Waals surface area contributed by atoms with Crippen molar-refractivity contribution in [3.8, 4) is 17.6 Å². The first-order valence-electron chi connectivity index (χ1n) is 10.8. The normalized spacial score (nSPS) is 12.0. The van der Waals surface area contributed by atoms with Crippen LogP contribution in [-0.4, -0.2) is 35.6 Å². The van der Waals surface area contributed by atoms with E-state index in [2.05, 4.69) is 33.9 Å². The van der Waals surface area contributed by atoms with Gasteiger partial charge in [-0.3, -0.25) is 10.1 Å². The molecule has 2 atom stereocenters. The number of nitrogens with zero attached hydrogens (tertiary/aromatic N) is 1. The van der Waals surface area contributed by atoms with E-state index in [0.29, 0.717) is 27.0 Å². The van der Waals surface area contributed by atoms with Gasteiger partial charge < -0.3 is 19.3 Å². The van der Waals surface area contributed by atoms with Gasteiger partial charge in [0.05, 0.1) is 24.0 Å². The van der Waals surface area contributed by atoms with Crippen LogP contribution in [0.2, 0.25) is 0 Å². The molecule has 186 valence electrons. The summed E-state index contributed by atoms with van der Waals surface area (Å²) in [5, 5.41) is 22.2. The number of hydrogen-bond acceptors (Lipinski definition) is 8. The predicted molar refractivity (Wildman–Crippen MR) is 140 cm³/mol. The molecule has 0 aliphatic rings. The van der Waals surface area contributed by atoms with Gasteiger partial charge in [-0.15, -0.1) is 0 Å². The van der Waals surface area contributed by atoms with Crippen molar-refractivity contribution in [2.24, 2.45) is 0 Å². The van der Waals surface area contributed by atoms with Gasteiger partial charge in [-0.2, -0.15) is 17.9 Å². The first-order chi connectivity index (χ1) is 17.4. The lowest BCUT2D eigenvalue weighted by Crippen LogP contribution is -2.32. The van der Waals surface area contributed by atoms with Crippen LogP contribution in [0, 0.1) is 11.3 Å². The van der Waals surface area contributed by atoms with Crippen LogP contribution in [0.3, 0.4) is 0 Å². The average molecular weight is 571 g/mol. The van der Waals surface area contributed by atoms with Crippen LogP contribution >= 0.6 is 28.6 Å². The van der Waals surface area contributed by atoms with Crippen LogP contribution in [-0.2, 0) is 14.3 Å². The van der Waals surface area contributed by atoms with Gasteiger partial charge in [0.2, 0.25) is 0 Å². The number of anilines is 1. The standard InChI is InChI=1S/C26H23BrN2O6S/c27-18-8-11-22(30)21(14-18)25(35-26(32)29-19-9-6-17(15-28)7-10-19)23(12-13-33-24(31)16-36)34-20-4-2-1-3-5-20/h1-11,14,23,25,30,36H,12-13,16H2,(H,29,32)/t23-,25-/m1/s1. The summed E-state index contributed by atoms with van der Waals surface area (Å²) in [4.78, 5) is 24.5. The van der Waals surface area contributed by atoms with Crippen LogP contribution < -0.4 is 10.1 Å². The molecule has 0 unspecified atom stereocenters. The molecule has 1 amide bonds. The molecular weight excluding hydrogens is 548 g/mol. The number of carbonyl (C=O) groups is 2. The number of carbonyl (C=O) groups excluding carboxylic acids is 2. The molecule has 0 spiro atoms. The van der Waals surface area contributed by atoms with E-state index in [1.54, 1.807) is 60.7 Å². The highest BCUT2D eigenvalue weighted by molar-refractivity contribution is 9.10. The number of benzene rings is 3. The van der Waals surface area contributed by atoms with Gasteiger partial charge in [-0.1, -0.05) is 34.1 Å². The summed E-state index contributed by atoms with van der Waals surface area (Å²) < 4.78 is 17.7. The Morgan fingerprint density at radius 1 is 1.08 bits per heavy atom. The maximum absolute atomic E-state index is 12.9. The number of hydrogen-bond donors (Lipinski definition) is 3. The molecule has 0 saturated carbocycles. The molecule has 2 N–H and O–H groups in total. The fourth-order valence-electron chi connectivity index (χ4n) is 3.26. The number of nitrogens with one attached hydrogen (secondary N) is 1. The molecular formula is C26H23BrN2O6S. The number of thiol groups is 1. The first-order valence-corrected chi connectivity index (χ1v) is 12.3. The van der Waals surface area contributed by atoms with Crippen molar-refractivity contribution >= 4 is 46.3 Å². The third-order valence-electron chi connectivity index (χ3n) is 4.95. The second-order valence-corrected chi connectivity index (χ2v) is 8.71. The lowest BCUT2D eigenvalue weighted by molar-refractivity contribution is -0.141. The molecule has 3 aromatic carbocycles. The Morgan fingerprint density at radius 3 is 2.47 bits per heavy atom. The number of nitriles is 1. The number of esters is 1. The van der Waals surface area contributed by atoms with Crippen LogP contribution in [0.1, 0.15) is 23.7 Å². The molecule has 0 fully saturated rings. The smallest absolute Gasteiger partial charge is 0.412 e. The van der Waals surface area contributed by atoms with Crippen LogP contribution in [0.5, 0.6) is 11.5 Å². The van der Waals surface area contributed by atoms with Gasteiger partial charge in [0, 0.05) is 22.1 Å². The average Bonchev–Trinajstić information content (AvgIpc) is 2.89. The quantitative estimate of drug-likeness (QED) is 0.213. The van der Waals surface area contributed by atoms with Gasteiger partial charge in [0.15, 0.2) is 6.10 Å². The third kappa shape index (κ3) is 7.93. The lowest BCUT2D eigenvalue weighted by atomic mass is 10.0. The highest BCUT2D eigenvalue weighted by Gasteiger charge is 2.32. The number of rotatable bonds is 10. The van der Waals surface area contributed by atoms with Crippen molar-refractivity contribution in [3.63, 3.8) is 0 Å². The van der Waals surface area contributed by atoms with Crippen molar-refractivity contribution in [1.82, 2.24) is 0 Å². The Bertz CT molecular complexity index is 1220. The fourth-order valence-corrected chi connectivity index (χ4v) is 3.73. The Morgan fingerprint density at radius 2 is 1.81 bits per heavy atom. The predicted octanol–water partition coefficient (Wildman–Crippen LogP) is 5.63. The van der Waals surface area contributed by atoms with E-state index < -0.39 is 24.3 Å². The third-order valence-corrected chi connectivity index (χ3v) is 5.70. The lowest BCUT2D eigenvalue weighted by Gasteiger charge is -2.29. The molecule has 10 heteroatoms. The number of amides is 1. The van der Waals surface area contributed by atoms with Crippen molar-refractivity contribution in [2.45, 2.75) is 18.6 Å². The molecule has 0 heterocycles. The Kier molecular flexibility index (Phi) is 10.0. The van der Waals surface area contributed by atoms with E-state index in [0.717, 1.165) is 0 Å². The largest absolute Gasteiger partial charge is 0.508 e. The van der Waals surface area contributed by atoms with Crippen molar-refractivity contribution in [1.29, 1.82) is 5.26 Å².